The maximum absolute atomic E-state index is 12.7. The standard InChI is InChI=1S/C28H30N4O5/c1-3-4-15-37-27(33)23(31-28(34)32-14-13-29-19-32)12-16-36-26-18-24(20-8-6-5-7-9-20)30-25-17-21(35-2)10-11-22(25)26/h5-11,13-14,17-19,23H,3-4,12,15-16H2,1-2H3,(H,31,34)/t23-/m0/s1. The number of hydrogen-bond donors (Lipinski definition) is 1. The first-order valence-electron chi connectivity index (χ1n) is 12.2. The average molecular weight is 503 g/mol. The van der Waals surface area contributed by atoms with Crippen LogP contribution in [-0.2, 0) is 9.53 Å². The van der Waals surface area contributed by atoms with E-state index in [2.05, 4.69) is 10.3 Å². The molecule has 1 atom stereocenters. The number of unbranched alkanes of at least 4 members (excludes halogenated alkanes) is 1. The molecule has 0 spiro atoms. The molecule has 37 heavy (non-hydrogen) atoms. The van der Waals surface area contributed by atoms with E-state index in [4.69, 9.17) is 19.2 Å². The van der Waals surface area contributed by atoms with E-state index in [9.17, 15) is 9.59 Å². The molecule has 4 aromatic rings. The lowest BCUT2D eigenvalue weighted by Gasteiger charge is -2.19. The van der Waals surface area contributed by atoms with Gasteiger partial charge in [-0.1, -0.05) is 43.7 Å². The Bertz CT molecular complexity index is 1330. The van der Waals surface area contributed by atoms with Gasteiger partial charge < -0.3 is 19.5 Å². The van der Waals surface area contributed by atoms with Gasteiger partial charge in [0.25, 0.3) is 0 Å². The molecule has 2 aromatic heterocycles. The van der Waals surface area contributed by atoms with Crippen LogP contribution in [0.4, 0.5) is 4.79 Å². The molecule has 1 amide bonds. The molecule has 0 aliphatic carbocycles. The number of nitrogens with zero attached hydrogens (tertiary/aromatic N) is 3. The smallest absolute Gasteiger partial charge is 0.328 e. The quantitative estimate of drug-likeness (QED) is 0.231. The number of rotatable bonds is 11. The fraction of sp³-hybridized carbons (Fsp3) is 0.286. The number of amides is 1. The Kier molecular flexibility index (Phi) is 8.70. The van der Waals surface area contributed by atoms with Crippen molar-refractivity contribution >= 4 is 22.9 Å². The van der Waals surface area contributed by atoms with E-state index in [1.807, 2.05) is 61.5 Å². The molecular weight excluding hydrogens is 472 g/mol. The summed E-state index contributed by atoms with van der Waals surface area (Å²) in [6.45, 7) is 2.47. The van der Waals surface area contributed by atoms with Crippen LogP contribution >= 0.6 is 0 Å². The van der Waals surface area contributed by atoms with Gasteiger partial charge in [-0.3, -0.25) is 4.57 Å². The van der Waals surface area contributed by atoms with Crippen LogP contribution in [0.5, 0.6) is 11.5 Å². The van der Waals surface area contributed by atoms with E-state index in [0.717, 1.165) is 35.0 Å². The molecule has 0 saturated heterocycles. The van der Waals surface area contributed by atoms with Crippen LogP contribution < -0.4 is 14.8 Å². The summed E-state index contributed by atoms with van der Waals surface area (Å²) in [6.07, 6.45) is 6.23. The van der Waals surface area contributed by atoms with Crippen molar-refractivity contribution < 1.29 is 23.8 Å². The Morgan fingerprint density at radius 2 is 1.92 bits per heavy atom. The van der Waals surface area contributed by atoms with Gasteiger partial charge in [-0.2, -0.15) is 0 Å². The minimum absolute atomic E-state index is 0.164. The van der Waals surface area contributed by atoms with Gasteiger partial charge in [0.05, 0.1) is 31.5 Å². The van der Waals surface area contributed by atoms with E-state index < -0.39 is 18.0 Å². The topological polar surface area (TPSA) is 105 Å². The van der Waals surface area contributed by atoms with Crippen LogP contribution in [0.1, 0.15) is 26.2 Å². The molecule has 9 nitrogen and oxygen atoms in total. The third kappa shape index (κ3) is 6.63. The second kappa shape index (κ2) is 12.5. The number of ether oxygens (including phenoxy) is 3. The zero-order valence-corrected chi connectivity index (χ0v) is 20.9. The molecule has 0 saturated carbocycles. The maximum Gasteiger partial charge on any atom is 0.328 e. The van der Waals surface area contributed by atoms with Crippen LogP contribution in [-0.4, -0.2) is 52.9 Å². The lowest BCUT2D eigenvalue weighted by Crippen LogP contribution is -2.44. The number of methoxy groups -OCH3 is 1. The predicted molar refractivity (Wildman–Crippen MR) is 140 cm³/mol. The molecule has 2 heterocycles. The molecule has 2 aromatic carbocycles. The van der Waals surface area contributed by atoms with Crippen LogP contribution in [0.25, 0.3) is 22.2 Å². The first kappa shape index (κ1) is 25.7. The molecule has 192 valence electrons. The molecule has 0 bridgehead atoms. The number of esters is 1. The van der Waals surface area contributed by atoms with Crippen molar-refractivity contribution in [2.24, 2.45) is 0 Å². The number of carbonyl (C=O) groups excluding carboxylic acids is 2. The van der Waals surface area contributed by atoms with Gasteiger partial charge in [-0.05, 0) is 18.6 Å². The first-order valence-corrected chi connectivity index (χ1v) is 12.2. The Labute approximate surface area is 215 Å². The zero-order valence-electron chi connectivity index (χ0n) is 20.9. The van der Waals surface area contributed by atoms with Crippen LogP contribution in [0.3, 0.4) is 0 Å². The second-order valence-corrected chi connectivity index (χ2v) is 8.38. The summed E-state index contributed by atoms with van der Waals surface area (Å²) >= 11 is 0. The van der Waals surface area contributed by atoms with Crippen LogP contribution in [0, 0.1) is 0 Å². The third-order valence-electron chi connectivity index (χ3n) is 5.78. The number of benzene rings is 2. The van der Waals surface area contributed by atoms with Crippen molar-refractivity contribution in [3.8, 4) is 22.8 Å². The molecule has 0 aliphatic rings. The van der Waals surface area contributed by atoms with Gasteiger partial charge in [0.2, 0.25) is 0 Å². The summed E-state index contributed by atoms with van der Waals surface area (Å²) in [6, 6.07) is 15.9. The van der Waals surface area contributed by atoms with Crippen LogP contribution in [0.15, 0.2) is 73.3 Å². The van der Waals surface area contributed by atoms with Crippen molar-refractivity contribution in [3.05, 3.63) is 73.3 Å². The molecule has 4 rings (SSSR count). The number of hydrogen-bond acceptors (Lipinski definition) is 7. The number of aromatic nitrogens is 3. The summed E-state index contributed by atoms with van der Waals surface area (Å²) in [5.41, 5.74) is 2.42. The highest BCUT2D eigenvalue weighted by atomic mass is 16.5. The van der Waals surface area contributed by atoms with E-state index in [1.54, 1.807) is 7.11 Å². The Balaban J connectivity index is 1.54. The molecular formula is C28H30N4O5. The van der Waals surface area contributed by atoms with Crippen molar-refractivity contribution in [2.75, 3.05) is 20.3 Å². The van der Waals surface area contributed by atoms with Gasteiger partial charge >= 0.3 is 12.0 Å². The fourth-order valence-corrected chi connectivity index (χ4v) is 3.74. The van der Waals surface area contributed by atoms with Gasteiger partial charge in [0, 0.05) is 41.9 Å². The Hall–Kier alpha value is -4.40. The van der Waals surface area contributed by atoms with Gasteiger partial charge in [-0.25, -0.2) is 19.6 Å². The minimum atomic E-state index is -0.881. The number of carbonyl (C=O) groups is 2. The SMILES string of the molecule is CCCCOC(=O)[C@H](CCOc1cc(-c2ccccc2)nc2cc(OC)ccc12)NC(=O)n1ccnc1. The Morgan fingerprint density at radius 3 is 2.65 bits per heavy atom. The summed E-state index contributed by atoms with van der Waals surface area (Å²) < 4.78 is 18.2. The minimum Gasteiger partial charge on any atom is -0.497 e. The monoisotopic (exact) mass is 502 g/mol. The molecule has 0 unspecified atom stereocenters. The largest absolute Gasteiger partial charge is 0.497 e. The second-order valence-electron chi connectivity index (χ2n) is 8.38. The maximum atomic E-state index is 12.7. The molecule has 0 radical (unpaired) electrons. The fourth-order valence-electron chi connectivity index (χ4n) is 3.74. The van der Waals surface area contributed by atoms with Crippen molar-refractivity contribution in [1.29, 1.82) is 0 Å². The van der Waals surface area contributed by atoms with E-state index in [-0.39, 0.29) is 13.0 Å². The van der Waals surface area contributed by atoms with E-state index in [0.29, 0.717) is 18.1 Å². The van der Waals surface area contributed by atoms with Gasteiger partial charge in [0.15, 0.2) is 0 Å². The molecule has 9 heteroatoms. The van der Waals surface area contributed by atoms with Crippen molar-refractivity contribution in [2.45, 2.75) is 32.2 Å². The van der Waals surface area contributed by atoms with Crippen LogP contribution in [0.2, 0.25) is 0 Å². The summed E-state index contributed by atoms with van der Waals surface area (Å²) in [5, 5.41) is 3.53. The Morgan fingerprint density at radius 1 is 1.08 bits per heavy atom. The predicted octanol–water partition coefficient (Wildman–Crippen LogP) is 4.85. The lowest BCUT2D eigenvalue weighted by atomic mass is 10.1. The average Bonchev–Trinajstić information content (AvgIpc) is 3.48. The molecule has 0 fully saturated rings. The number of fused-ring (bicyclic) bond motifs is 1. The molecule has 1 N–H and O–H groups in total. The third-order valence-corrected chi connectivity index (χ3v) is 5.78. The van der Waals surface area contributed by atoms with Crippen molar-refractivity contribution in [3.63, 3.8) is 0 Å². The number of nitrogens with one attached hydrogen (secondary N) is 1. The highest BCUT2D eigenvalue weighted by Gasteiger charge is 2.23. The molecule has 0 aliphatic heterocycles. The summed E-state index contributed by atoms with van der Waals surface area (Å²) in [7, 11) is 1.61. The summed E-state index contributed by atoms with van der Waals surface area (Å²) in [5.74, 6) is 0.804. The number of imidazole rings is 1. The summed E-state index contributed by atoms with van der Waals surface area (Å²) in [4.78, 5) is 34.0. The highest BCUT2D eigenvalue weighted by molar-refractivity contribution is 5.89. The zero-order chi connectivity index (χ0) is 26.0. The van der Waals surface area contributed by atoms with Crippen molar-refractivity contribution in [1.82, 2.24) is 19.9 Å². The van der Waals surface area contributed by atoms with Gasteiger partial charge in [0.1, 0.15) is 23.9 Å². The van der Waals surface area contributed by atoms with Gasteiger partial charge in [-0.15, -0.1) is 0 Å². The van der Waals surface area contributed by atoms with E-state index >= 15 is 0 Å². The first-order chi connectivity index (χ1) is 18.1. The normalized spacial score (nSPS) is 11.6. The highest BCUT2D eigenvalue weighted by Crippen LogP contribution is 2.32. The lowest BCUT2D eigenvalue weighted by molar-refractivity contribution is -0.146. The number of pyridine rings is 1. The van der Waals surface area contributed by atoms with E-state index in [1.165, 1.54) is 23.3 Å².